The molecule has 0 aliphatic rings. The molecule has 2 aromatic rings. The monoisotopic (exact) mass is 459 g/mol. The molecule has 0 saturated heterocycles. The van der Waals surface area contributed by atoms with E-state index in [1.807, 2.05) is 0 Å². The Bertz CT molecular complexity index is 908. The third-order valence-corrected chi connectivity index (χ3v) is 4.07. The molecule has 8 nitrogen and oxygen atoms in total. The Morgan fingerprint density at radius 3 is 1.90 bits per heavy atom. The number of rotatable bonds is 8. The third-order valence-electron chi connectivity index (χ3n) is 3.66. The summed E-state index contributed by atoms with van der Waals surface area (Å²) in [6.45, 7) is 0. The summed E-state index contributed by atoms with van der Waals surface area (Å²) in [5.41, 5.74) is 0.599. The van der Waals surface area contributed by atoms with Gasteiger partial charge in [0.2, 0.25) is 11.5 Å². The summed E-state index contributed by atoms with van der Waals surface area (Å²) in [6.07, 6.45) is 2.93. The molecule has 0 fully saturated rings. The first-order valence-corrected chi connectivity index (χ1v) is 9.31. The van der Waals surface area contributed by atoms with Crippen LogP contribution in [0.2, 0.25) is 0 Å². The molecule has 1 atom stereocenters. The van der Waals surface area contributed by atoms with Crippen LogP contribution in [0.3, 0.4) is 0 Å². The Morgan fingerprint density at radius 1 is 0.933 bits per heavy atom. The van der Waals surface area contributed by atoms with Crippen molar-refractivity contribution in [2.75, 3.05) is 28.4 Å². The normalized spacial score (nSPS) is 12.2. The van der Waals surface area contributed by atoms with Gasteiger partial charge in [0.15, 0.2) is 23.1 Å². The Labute approximate surface area is 218 Å². The molecule has 0 aliphatic carbocycles. The van der Waals surface area contributed by atoms with E-state index in [0.29, 0.717) is 22.8 Å². The molecule has 1 radical (unpaired) electrons. The third kappa shape index (κ3) is 7.44. The van der Waals surface area contributed by atoms with Gasteiger partial charge in [-0.25, -0.2) is 4.39 Å². The van der Waals surface area contributed by atoms with Crippen molar-refractivity contribution in [1.82, 2.24) is 0 Å². The second-order valence-electron chi connectivity index (χ2n) is 5.35. The average molecular weight is 459 g/mol. The van der Waals surface area contributed by atoms with Gasteiger partial charge in [-0.1, -0.05) is 12.2 Å². The van der Waals surface area contributed by atoms with Crippen molar-refractivity contribution in [2.45, 2.75) is 0 Å². The predicted octanol–water partition coefficient (Wildman–Crippen LogP) is -0.507. The van der Waals surface area contributed by atoms with Crippen molar-refractivity contribution in [1.29, 1.82) is 0 Å². The molecule has 0 spiro atoms. The number of phosphoric acid groups is 1. The fraction of sp³-hybridized carbons (Fsp3) is 0.222. The molecule has 1 unspecified atom stereocenters. The molecule has 0 aliphatic heterocycles. The Morgan fingerprint density at radius 2 is 1.47 bits per heavy atom. The first kappa shape index (κ1) is 29.3. The van der Waals surface area contributed by atoms with E-state index in [4.69, 9.17) is 23.8 Å². The van der Waals surface area contributed by atoms with Crippen LogP contribution in [-0.4, -0.2) is 62.9 Å². The van der Waals surface area contributed by atoms with Crippen LogP contribution in [0, 0.1) is 5.82 Å². The molecule has 0 aromatic heterocycles. The van der Waals surface area contributed by atoms with Crippen LogP contribution in [0.4, 0.5) is 4.39 Å². The number of methoxy groups -OCH3 is 4. The minimum atomic E-state index is -5.22. The maximum absolute atomic E-state index is 14.7. The van der Waals surface area contributed by atoms with Gasteiger partial charge in [-0.2, -0.15) is 0 Å². The van der Waals surface area contributed by atoms with Crippen molar-refractivity contribution in [3.8, 4) is 28.7 Å². The van der Waals surface area contributed by atoms with Crippen LogP contribution in [0.25, 0.3) is 12.2 Å². The summed E-state index contributed by atoms with van der Waals surface area (Å²) in [5.74, 6) is -0.722. The molecular weight excluding hydrogens is 440 g/mol. The zero-order valence-corrected chi connectivity index (χ0v) is 22.5. The fourth-order valence-electron chi connectivity index (χ4n) is 2.43. The van der Waals surface area contributed by atoms with Crippen LogP contribution in [0.5, 0.6) is 28.7 Å². The zero-order valence-electron chi connectivity index (χ0n) is 17.6. The van der Waals surface area contributed by atoms with E-state index in [9.17, 15) is 13.8 Å². The second-order valence-corrected chi connectivity index (χ2v) is 6.47. The molecule has 1 N–H and O–H groups in total. The Balaban J connectivity index is 0.00000420. The van der Waals surface area contributed by atoms with Crippen LogP contribution >= 0.6 is 7.82 Å². The fourth-order valence-corrected chi connectivity index (χ4v) is 2.83. The molecule has 2 aromatic carbocycles. The summed E-state index contributed by atoms with van der Waals surface area (Å²) in [5, 5.41) is 0. The molecule has 30 heavy (non-hydrogen) atoms. The van der Waals surface area contributed by atoms with E-state index in [2.05, 4.69) is 4.52 Å². The number of ether oxygens (including phenoxy) is 4. The van der Waals surface area contributed by atoms with E-state index in [1.54, 1.807) is 18.2 Å². The van der Waals surface area contributed by atoms with Gasteiger partial charge >= 0.3 is 37.4 Å². The van der Waals surface area contributed by atoms with Crippen molar-refractivity contribution < 1.29 is 71.8 Å². The number of phosphoric ester groups is 1. The Kier molecular flexibility index (Phi) is 12.6. The summed E-state index contributed by atoms with van der Waals surface area (Å²) in [7, 11) is 0.389. The quantitative estimate of drug-likeness (QED) is 0.320. The van der Waals surface area contributed by atoms with Crippen LogP contribution in [-0.2, 0) is 4.57 Å². The Hall–Kier alpha value is -0.740. The second kappa shape index (κ2) is 13.0. The number of hydrogen-bond acceptors (Lipinski definition) is 7. The average Bonchev–Trinajstić information content (AvgIpc) is 2.66. The van der Waals surface area contributed by atoms with Crippen molar-refractivity contribution in [3.63, 3.8) is 0 Å². The van der Waals surface area contributed by atoms with Crippen LogP contribution in [0.15, 0.2) is 24.3 Å². The van der Waals surface area contributed by atoms with Gasteiger partial charge in [0.1, 0.15) is 0 Å². The van der Waals surface area contributed by atoms with E-state index < -0.39 is 19.4 Å². The summed E-state index contributed by atoms with van der Waals surface area (Å²) in [6, 6.07) is 5.97. The van der Waals surface area contributed by atoms with Gasteiger partial charge in [0.25, 0.3) is 0 Å². The van der Waals surface area contributed by atoms with Gasteiger partial charge in [-0.3, -0.25) is 4.57 Å². The van der Waals surface area contributed by atoms with Gasteiger partial charge in [0, 0.05) is 35.1 Å². The molecule has 0 bridgehead atoms. The molecule has 0 saturated carbocycles. The van der Waals surface area contributed by atoms with Crippen LogP contribution in [0.1, 0.15) is 11.1 Å². The predicted molar refractivity (Wildman–Crippen MR) is 104 cm³/mol. The summed E-state index contributed by atoms with van der Waals surface area (Å²) >= 11 is 0. The molecule has 0 heterocycles. The van der Waals surface area contributed by atoms with Crippen molar-refractivity contribution in [2.24, 2.45) is 0 Å². The van der Waals surface area contributed by atoms with Gasteiger partial charge in [0.05, 0.1) is 28.4 Å². The molecule has 12 heteroatoms. The standard InChI is InChI=1S/C18H20FO8P.2Na/c1-23-13-8-7-12(16(19)18(13)27-28(20,21)22)6-5-11-9-14(24-2)17(26-4)15(10-11)25-3;;/h5-10H,1-4H3,(H2,20,21,22);;/q;;+1/p-1/b6-5-;;. The van der Waals surface area contributed by atoms with Gasteiger partial charge < -0.3 is 33.3 Å². The molecule has 0 amide bonds. The molecule has 2 rings (SSSR count). The maximum atomic E-state index is 14.7. The van der Waals surface area contributed by atoms with Gasteiger partial charge in [-0.05, 0) is 29.8 Å². The maximum Gasteiger partial charge on any atom is 1.00 e. The number of hydrogen-bond donors (Lipinski definition) is 1. The minimum Gasteiger partial charge on any atom is -0.746 e. The van der Waals surface area contributed by atoms with E-state index >= 15 is 0 Å². The number of benzene rings is 2. The smallest absolute Gasteiger partial charge is 0.746 e. The first-order valence-electron chi connectivity index (χ1n) is 7.82. The number of halogens is 1. The summed E-state index contributed by atoms with van der Waals surface area (Å²) in [4.78, 5) is 19.9. The zero-order chi connectivity index (χ0) is 20.9. The minimum absolute atomic E-state index is 0. The van der Waals surface area contributed by atoms with Gasteiger partial charge in [-0.15, -0.1) is 0 Å². The summed E-state index contributed by atoms with van der Waals surface area (Å²) < 4.78 is 50.6. The molecule has 153 valence electrons. The molecular formula is C18H19FNa2O8P. The SMILES string of the molecule is COc1cc(/C=C\c2ccc(OC)c(OP(=O)([O-])O)c2F)cc(OC)c1OC.[Na+].[Na]. The topological polar surface area (TPSA) is 107 Å². The first-order chi connectivity index (χ1) is 13.2. The van der Waals surface area contributed by atoms with E-state index in [0.717, 1.165) is 0 Å². The van der Waals surface area contributed by atoms with Crippen molar-refractivity contribution in [3.05, 3.63) is 41.2 Å². The van der Waals surface area contributed by atoms with Crippen LogP contribution < -0.4 is 57.9 Å². The van der Waals surface area contributed by atoms with E-state index in [1.165, 1.54) is 46.6 Å². The largest absolute Gasteiger partial charge is 1.00 e. The van der Waals surface area contributed by atoms with Crippen molar-refractivity contribution >= 4 is 49.5 Å². The van der Waals surface area contributed by atoms with E-state index in [-0.39, 0.29) is 70.4 Å².